The monoisotopic (exact) mass is 211 g/mol. The van der Waals surface area contributed by atoms with E-state index in [4.69, 9.17) is 10.5 Å². The van der Waals surface area contributed by atoms with Crippen molar-refractivity contribution >= 4 is 11.3 Å². The van der Waals surface area contributed by atoms with Gasteiger partial charge in [0.1, 0.15) is 0 Å². The molecular formula is C11H17NOS. The molecule has 1 aromatic rings. The largest absolute Gasteiger partial charge is 0.372 e. The van der Waals surface area contributed by atoms with E-state index in [2.05, 4.69) is 13.0 Å². The van der Waals surface area contributed by atoms with Crippen LogP contribution in [-0.4, -0.2) is 13.2 Å². The first-order valence-electron chi connectivity index (χ1n) is 5.28. The summed E-state index contributed by atoms with van der Waals surface area (Å²) in [5.74, 6) is 0. The Morgan fingerprint density at radius 2 is 2.50 bits per heavy atom. The molecule has 2 N–H and O–H groups in total. The summed E-state index contributed by atoms with van der Waals surface area (Å²) in [6.45, 7) is 3.66. The number of thiophene rings is 1. The molecule has 0 aromatic carbocycles. The van der Waals surface area contributed by atoms with Gasteiger partial charge in [-0.05, 0) is 18.1 Å². The van der Waals surface area contributed by atoms with E-state index in [1.54, 1.807) is 0 Å². The average Bonchev–Trinajstić information content (AvgIpc) is 2.60. The summed E-state index contributed by atoms with van der Waals surface area (Å²) in [5.41, 5.74) is 7.03. The standard InChI is InChI=1S/C11H17NOS/c1-2-3-8-6-9-10(7-12)13-5-4-11(9)14-8/h6,10H,2-5,7,12H2,1H3. The first-order valence-corrected chi connectivity index (χ1v) is 6.10. The first-order chi connectivity index (χ1) is 6.85. The third-order valence-corrected chi connectivity index (χ3v) is 3.87. The summed E-state index contributed by atoms with van der Waals surface area (Å²) >= 11 is 1.94. The van der Waals surface area contributed by atoms with E-state index in [-0.39, 0.29) is 6.10 Å². The van der Waals surface area contributed by atoms with Crippen molar-refractivity contribution in [2.24, 2.45) is 5.73 Å². The lowest BCUT2D eigenvalue weighted by molar-refractivity contribution is 0.0498. The van der Waals surface area contributed by atoms with Gasteiger partial charge < -0.3 is 10.5 Å². The quantitative estimate of drug-likeness (QED) is 0.832. The molecule has 2 rings (SSSR count). The van der Waals surface area contributed by atoms with Crippen LogP contribution in [0.4, 0.5) is 0 Å². The van der Waals surface area contributed by atoms with E-state index in [9.17, 15) is 0 Å². The third-order valence-electron chi connectivity index (χ3n) is 2.60. The second-order valence-corrected chi connectivity index (χ2v) is 4.91. The normalized spacial score (nSPS) is 20.9. The molecule has 1 aliphatic rings. The average molecular weight is 211 g/mol. The van der Waals surface area contributed by atoms with Crippen LogP contribution in [0.25, 0.3) is 0 Å². The molecule has 1 atom stereocenters. The molecule has 1 aliphatic heterocycles. The zero-order valence-electron chi connectivity index (χ0n) is 8.58. The van der Waals surface area contributed by atoms with Crippen LogP contribution in [0.2, 0.25) is 0 Å². The number of hydrogen-bond acceptors (Lipinski definition) is 3. The van der Waals surface area contributed by atoms with Crippen LogP contribution in [0.15, 0.2) is 6.07 Å². The zero-order chi connectivity index (χ0) is 9.97. The molecule has 0 spiro atoms. The number of aryl methyl sites for hydroxylation is 1. The maximum Gasteiger partial charge on any atom is 0.0958 e. The van der Waals surface area contributed by atoms with Crippen molar-refractivity contribution in [1.82, 2.24) is 0 Å². The van der Waals surface area contributed by atoms with E-state index in [0.29, 0.717) is 6.54 Å². The molecular weight excluding hydrogens is 194 g/mol. The predicted molar refractivity (Wildman–Crippen MR) is 59.8 cm³/mol. The summed E-state index contributed by atoms with van der Waals surface area (Å²) in [4.78, 5) is 2.98. The van der Waals surface area contributed by atoms with Crippen molar-refractivity contribution in [2.75, 3.05) is 13.2 Å². The third kappa shape index (κ3) is 1.85. The summed E-state index contributed by atoms with van der Waals surface area (Å²) in [6, 6.07) is 2.29. The molecule has 0 aliphatic carbocycles. The van der Waals surface area contributed by atoms with E-state index in [1.807, 2.05) is 11.3 Å². The van der Waals surface area contributed by atoms with Crippen LogP contribution in [0.5, 0.6) is 0 Å². The molecule has 0 radical (unpaired) electrons. The molecule has 78 valence electrons. The summed E-state index contributed by atoms with van der Waals surface area (Å²) in [6.07, 6.45) is 3.63. The number of fused-ring (bicyclic) bond motifs is 1. The Hall–Kier alpha value is -0.380. The van der Waals surface area contributed by atoms with Gasteiger partial charge in [-0.1, -0.05) is 13.3 Å². The van der Waals surface area contributed by atoms with Crippen LogP contribution >= 0.6 is 11.3 Å². The maximum absolute atomic E-state index is 5.68. The Labute approximate surface area is 89.1 Å². The predicted octanol–water partition coefficient (Wildman–Crippen LogP) is 2.27. The van der Waals surface area contributed by atoms with Crippen LogP contribution in [0.1, 0.15) is 34.8 Å². The van der Waals surface area contributed by atoms with Gasteiger partial charge in [0, 0.05) is 22.7 Å². The van der Waals surface area contributed by atoms with Crippen molar-refractivity contribution in [3.63, 3.8) is 0 Å². The topological polar surface area (TPSA) is 35.2 Å². The molecule has 14 heavy (non-hydrogen) atoms. The Bertz CT molecular complexity index is 308. The van der Waals surface area contributed by atoms with Crippen molar-refractivity contribution in [3.05, 3.63) is 21.4 Å². The summed E-state index contributed by atoms with van der Waals surface area (Å²) < 4.78 is 5.63. The molecule has 1 aromatic heterocycles. The van der Waals surface area contributed by atoms with Crippen molar-refractivity contribution in [3.8, 4) is 0 Å². The Morgan fingerprint density at radius 3 is 3.21 bits per heavy atom. The summed E-state index contributed by atoms with van der Waals surface area (Å²) in [5, 5.41) is 0. The highest BCUT2D eigenvalue weighted by Gasteiger charge is 2.21. The van der Waals surface area contributed by atoms with Gasteiger partial charge in [0.15, 0.2) is 0 Å². The van der Waals surface area contributed by atoms with Crippen LogP contribution in [0, 0.1) is 0 Å². The molecule has 3 heteroatoms. The number of hydrogen-bond donors (Lipinski definition) is 1. The van der Waals surface area contributed by atoms with Gasteiger partial charge in [0.2, 0.25) is 0 Å². The van der Waals surface area contributed by atoms with Gasteiger partial charge in [-0.3, -0.25) is 0 Å². The van der Waals surface area contributed by atoms with Gasteiger partial charge >= 0.3 is 0 Å². The van der Waals surface area contributed by atoms with Gasteiger partial charge in [-0.25, -0.2) is 0 Å². The first kappa shape index (κ1) is 10.1. The molecule has 0 fully saturated rings. The fourth-order valence-corrected chi connectivity index (χ4v) is 3.22. The van der Waals surface area contributed by atoms with E-state index < -0.39 is 0 Å². The minimum Gasteiger partial charge on any atom is -0.372 e. The van der Waals surface area contributed by atoms with Crippen LogP contribution < -0.4 is 5.73 Å². The molecule has 0 amide bonds. The van der Waals surface area contributed by atoms with Crippen molar-refractivity contribution in [1.29, 1.82) is 0 Å². The highest BCUT2D eigenvalue weighted by molar-refractivity contribution is 7.12. The van der Waals surface area contributed by atoms with Gasteiger partial charge in [0.25, 0.3) is 0 Å². The Balaban J connectivity index is 2.24. The van der Waals surface area contributed by atoms with Crippen LogP contribution in [-0.2, 0) is 17.6 Å². The van der Waals surface area contributed by atoms with E-state index in [1.165, 1.54) is 28.2 Å². The van der Waals surface area contributed by atoms with Gasteiger partial charge in [-0.2, -0.15) is 0 Å². The fourth-order valence-electron chi connectivity index (χ4n) is 1.92. The highest BCUT2D eigenvalue weighted by atomic mass is 32.1. The highest BCUT2D eigenvalue weighted by Crippen LogP contribution is 2.33. The maximum atomic E-state index is 5.68. The van der Waals surface area contributed by atoms with E-state index in [0.717, 1.165) is 13.0 Å². The van der Waals surface area contributed by atoms with Gasteiger partial charge in [-0.15, -0.1) is 11.3 Å². The van der Waals surface area contributed by atoms with Crippen molar-refractivity contribution < 1.29 is 4.74 Å². The number of rotatable bonds is 3. The minimum atomic E-state index is 0.153. The molecule has 0 bridgehead atoms. The second-order valence-electron chi connectivity index (χ2n) is 3.69. The molecule has 2 heterocycles. The lowest BCUT2D eigenvalue weighted by Gasteiger charge is -2.21. The van der Waals surface area contributed by atoms with Gasteiger partial charge in [0.05, 0.1) is 12.7 Å². The lowest BCUT2D eigenvalue weighted by Crippen LogP contribution is -2.21. The fraction of sp³-hybridized carbons (Fsp3) is 0.636. The molecule has 2 nitrogen and oxygen atoms in total. The second kappa shape index (κ2) is 4.43. The summed E-state index contributed by atoms with van der Waals surface area (Å²) in [7, 11) is 0. The molecule has 0 saturated heterocycles. The SMILES string of the molecule is CCCc1cc2c(s1)CCOC2CN. The molecule has 0 saturated carbocycles. The number of ether oxygens (including phenoxy) is 1. The van der Waals surface area contributed by atoms with E-state index >= 15 is 0 Å². The Kier molecular flexibility index (Phi) is 3.21. The minimum absolute atomic E-state index is 0.153. The molecule has 1 unspecified atom stereocenters. The zero-order valence-corrected chi connectivity index (χ0v) is 9.40. The smallest absolute Gasteiger partial charge is 0.0958 e. The number of nitrogens with two attached hydrogens (primary N) is 1. The lowest BCUT2D eigenvalue weighted by atomic mass is 10.1. The van der Waals surface area contributed by atoms with Crippen molar-refractivity contribution in [2.45, 2.75) is 32.3 Å². The Morgan fingerprint density at radius 1 is 1.64 bits per heavy atom. The van der Waals surface area contributed by atoms with Crippen LogP contribution in [0.3, 0.4) is 0 Å².